The number of oxazole rings is 1. The molecule has 0 spiro atoms. The van der Waals surface area contributed by atoms with E-state index in [9.17, 15) is 20.0 Å². The molecule has 0 fully saturated rings. The first-order valence-electron chi connectivity index (χ1n) is 9.90. The van der Waals surface area contributed by atoms with Crippen LogP contribution in [0.25, 0.3) is 22.6 Å². The second kappa shape index (κ2) is 9.60. The van der Waals surface area contributed by atoms with Crippen molar-refractivity contribution < 1.29 is 19.2 Å². The number of rotatable bonds is 9. The molecule has 0 aliphatic heterocycles. The van der Waals surface area contributed by atoms with Crippen molar-refractivity contribution in [3.8, 4) is 22.6 Å². The number of carboxylic acids is 1. The summed E-state index contributed by atoms with van der Waals surface area (Å²) in [4.78, 5) is 38.1. The maximum Gasteiger partial charge on any atom is 0.339 e. The molecule has 0 aliphatic rings. The minimum absolute atomic E-state index is 0.0401. The first-order chi connectivity index (χ1) is 16.4. The molecule has 13 nitrogen and oxygen atoms in total. The number of nitro groups is 1. The second-order valence-electron chi connectivity index (χ2n) is 6.92. The third kappa shape index (κ3) is 4.88. The largest absolute Gasteiger partial charge is 0.478 e. The van der Waals surface area contributed by atoms with Crippen molar-refractivity contribution in [3.63, 3.8) is 0 Å². The van der Waals surface area contributed by atoms with Crippen molar-refractivity contribution in [2.24, 2.45) is 0 Å². The van der Waals surface area contributed by atoms with Crippen molar-refractivity contribution in [1.29, 1.82) is 0 Å². The lowest BCUT2D eigenvalue weighted by atomic mass is 10.0. The lowest BCUT2D eigenvalue weighted by Crippen LogP contribution is -2.17. The van der Waals surface area contributed by atoms with Crippen molar-refractivity contribution in [3.05, 3.63) is 70.9 Å². The maximum absolute atomic E-state index is 11.7. The molecule has 0 aliphatic carbocycles. The van der Waals surface area contributed by atoms with Gasteiger partial charge in [-0.2, -0.15) is 0 Å². The van der Waals surface area contributed by atoms with Gasteiger partial charge in [0.1, 0.15) is 11.4 Å². The first kappa shape index (κ1) is 22.1. The number of aromatic nitrogens is 4. The van der Waals surface area contributed by atoms with Gasteiger partial charge < -0.3 is 25.9 Å². The lowest BCUT2D eigenvalue weighted by Gasteiger charge is -2.11. The number of pyridine rings is 1. The number of aromatic carboxylic acids is 1. The van der Waals surface area contributed by atoms with Gasteiger partial charge in [-0.1, -0.05) is 24.3 Å². The Balaban J connectivity index is 1.44. The van der Waals surface area contributed by atoms with Gasteiger partial charge in [0, 0.05) is 36.5 Å². The Morgan fingerprint density at radius 1 is 1.06 bits per heavy atom. The molecule has 0 bridgehead atoms. The van der Waals surface area contributed by atoms with Crippen LogP contribution >= 0.6 is 0 Å². The fourth-order valence-electron chi connectivity index (χ4n) is 3.08. The molecule has 4 aromatic rings. The summed E-state index contributed by atoms with van der Waals surface area (Å²) >= 11 is 0. The second-order valence-corrected chi connectivity index (χ2v) is 6.92. The number of nitrogen functional groups attached to an aromatic ring is 1. The number of nitrogens with one attached hydrogen (secondary N) is 2. The van der Waals surface area contributed by atoms with Crippen molar-refractivity contribution in [1.82, 2.24) is 19.9 Å². The smallest absolute Gasteiger partial charge is 0.339 e. The molecule has 13 heteroatoms. The SMILES string of the molecule is Nc1nc(NCCNc2ncc(C(=O)O)c(-c3ccc(-c4cnco4)cc3)n2)ccc1[N+](=O)[O-]. The lowest BCUT2D eigenvalue weighted by molar-refractivity contribution is -0.384. The van der Waals surface area contributed by atoms with E-state index in [4.69, 9.17) is 10.2 Å². The molecule has 0 unspecified atom stereocenters. The summed E-state index contributed by atoms with van der Waals surface area (Å²) in [5.74, 6) is -0.137. The molecule has 172 valence electrons. The molecule has 3 heterocycles. The minimum atomic E-state index is -1.15. The molecule has 0 saturated heterocycles. The van der Waals surface area contributed by atoms with E-state index >= 15 is 0 Å². The van der Waals surface area contributed by atoms with E-state index in [0.717, 1.165) is 5.56 Å². The number of benzene rings is 1. The van der Waals surface area contributed by atoms with E-state index in [-0.39, 0.29) is 28.7 Å². The van der Waals surface area contributed by atoms with E-state index < -0.39 is 10.9 Å². The monoisotopic (exact) mass is 462 g/mol. The van der Waals surface area contributed by atoms with Crippen LogP contribution in [0, 0.1) is 10.1 Å². The van der Waals surface area contributed by atoms with Crippen LogP contribution in [0.1, 0.15) is 10.4 Å². The molecular weight excluding hydrogens is 444 g/mol. The summed E-state index contributed by atoms with van der Waals surface area (Å²) in [5.41, 5.74) is 6.91. The van der Waals surface area contributed by atoms with Gasteiger partial charge in [0.05, 0.1) is 16.8 Å². The van der Waals surface area contributed by atoms with Crippen LogP contribution in [0.15, 0.2) is 59.6 Å². The van der Waals surface area contributed by atoms with E-state index in [1.807, 2.05) is 0 Å². The van der Waals surface area contributed by atoms with Gasteiger partial charge >= 0.3 is 11.7 Å². The Bertz CT molecular complexity index is 1330. The van der Waals surface area contributed by atoms with Gasteiger partial charge in [0.15, 0.2) is 12.2 Å². The number of nitrogens with two attached hydrogens (primary N) is 1. The Kier molecular flexibility index (Phi) is 6.25. The molecule has 0 atom stereocenters. The number of hydrogen-bond acceptors (Lipinski definition) is 11. The highest BCUT2D eigenvalue weighted by Crippen LogP contribution is 2.26. The Morgan fingerprint density at radius 2 is 1.79 bits per heavy atom. The van der Waals surface area contributed by atoms with Gasteiger partial charge in [-0.15, -0.1) is 0 Å². The number of carbonyl (C=O) groups is 1. The van der Waals surface area contributed by atoms with Crippen LogP contribution in [0.5, 0.6) is 0 Å². The van der Waals surface area contributed by atoms with Crippen molar-refractivity contribution in [2.75, 3.05) is 29.5 Å². The highest BCUT2D eigenvalue weighted by molar-refractivity contribution is 5.94. The average Bonchev–Trinajstić information content (AvgIpc) is 3.37. The summed E-state index contributed by atoms with van der Waals surface area (Å²) in [5, 5.41) is 26.3. The minimum Gasteiger partial charge on any atom is -0.478 e. The standard InChI is InChI=1S/C21H18N8O5/c22-19-15(29(32)33)5-6-17(27-19)24-7-8-25-21-26-9-14(20(30)31)18(28-21)13-3-1-12(2-4-13)16-10-23-11-34-16/h1-6,9-11H,7-8H2,(H,30,31)(H3,22,24,27)(H,25,26,28). The molecule has 34 heavy (non-hydrogen) atoms. The van der Waals surface area contributed by atoms with Crippen molar-refractivity contribution in [2.45, 2.75) is 0 Å². The van der Waals surface area contributed by atoms with Gasteiger partial charge in [0.2, 0.25) is 11.8 Å². The molecule has 3 aromatic heterocycles. The average molecular weight is 462 g/mol. The topological polar surface area (TPSA) is 195 Å². The normalized spacial score (nSPS) is 10.6. The van der Waals surface area contributed by atoms with E-state index in [2.05, 4.69) is 30.6 Å². The zero-order chi connectivity index (χ0) is 24.1. The van der Waals surface area contributed by atoms with Crippen LogP contribution < -0.4 is 16.4 Å². The third-order valence-electron chi connectivity index (χ3n) is 4.71. The van der Waals surface area contributed by atoms with Crippen LogP contribution in [0.2, 0.25) is 0 Å². The summed E-state index contributed by atoms with van der Waals surface area (Å²) in [7, 11) is 0. The number of nitrogens with zero attached hydrogens (tertiary/aromatic N) is 5. The van der Waals surface area contributed by atoms with E-state index in [0.29, 0.717) is 30.2 Å². The van der Waals surface area contributed by atoms with Gasteiger partial charge in [-0.05, 0) is 6.07 Å². The molecule has 1 aromatic carbocycles. The molecule has 0 radical (unpaired) electrons. The summed E-state index contributed by atoms with van der Waals surface area (Å²) in [6.07, 6.45) is 4.15. The quantitative estimate of drug-likeness (QED) is 0.161. The number of carboxylic acid groups (broad SMARTS) is 1. The predicted molar refractivity (Wildman–Crippen MR) is 122 cm³/mol. The van der Waals surface area contributed by atoms with Crippen molar-refractivity contribution >= 4 is 29.2 Å². The highest BCUT2D eigenvalue weighted by Gasteiger charge is 2.16. The van der Waals surface area contributed by atoms with Crippen LogP contribution in [0.3, 0.4) is 0 Å². The number of anilines is 3. The molecule has 0 amide bonds. The maximum atomic E-state index is 11.7. The first-order valence-corrected chi connectivity index (χ1v) is 9.90. The molecule has 0 saturated carbocycles. The summed E-state index contributed by atoms with van der Waals surface area (Å²) in [6.45, 7) is 0.727. The van der Waals surface area contributed by atoms with E-state index in [1.54, 1.807) is 30.5 Å². The number of hydrogen-bond donors (Lipinski definition) is 4. The zero-order valence-electron chi connectivity index (χ0n) is 17.5. The van der Waals surface area contributed by atoms with Gasteiger partial charge in [0.25, 0.3) is 0 Å². The fourth-order valence-corrected chi connectivity index (χ4v) is 3.08. The highest BCUT2D eigenvalue weighted by atomic mass is 16.6. The molecular formula is C21H18N8O5. The Labute approximate surface area is 191 Å². The van der Waals surface area contributed by atoms with Gasteiger partial charge in [-0.25, -0.2) is 24.7 Å². The van der Waals surface area contributed by atoms with Crippen LogP contribution in [-0.2, 0) is 0 Å². The Morgan fingerprint density at radius 3 is 2.44 bits per heavy atom. The summed E-state index contributed by atoms with van der Waals surface area (Å²) in [6, 6.07) is 9.76. The van der Waals surface area contributed by atoms with Crippen LogP contribution in [-0.4, -0.2) is 49.0 Å². The molecule has 4 rings (SSSR count). The zero-order valence-corrected chi connectivity index (χ0v) is 17.5. The fraction of sp³-hybridized carbons (Fsp3) is 0.0952. The van der Waals surface area contributed by atoms with E-state index in [1.165, 1.54) is 24.7 Å². The van der Waals surface area contributed by atoms with Gasteiger partial charge in [-0.3, -0.25) is 10.1 Å². The van der Waals surface area contributed by atoms with Crippen LogP contribution in [0.4, 0.5) is 23.3 Å². The predicted octanol–water partition coefficient (Wildman–Crippen LogP) is 2.91. The Hall–Kier alpha value is -5.07. The molecule has 5 N–H and O–H groups in total. The summed E-state index contributed by atoms with van der Waals surface area (Å²) < 4.78 is 5.27. The third-order valence-corrected chi connectivity index (χ3v) is 4.71.